The summed E-state index contributed by atoms with van der Waals surface area (Å²) >= 11 is 14.3. The summed E-state index contributed by atoms with van der Waals surface area (Å²) < 4.78 is 2.05. The molecule has 0 saturated carbocycles. The molecule has 0 radical (unpaired) electrons. The van der Waals surface area contributed by atoms with Crippen molar-refractivity contribution in [3.8, 4) is 38.3 Å². The van der Waals surface area contributed by atoms with Crippen molar-refractivity contribution in [2.24, 2.45) is 0 Å². The third-order valence-electron chi connectivity index (χ3n) is 5.66. The van der Waals surface area contributed by atoms with E-state index in [-0.39, 0.29) is 5.91 Å². The molecule has 1 amide bonds. The molecule has 0 aliphatic carbocycles. The molecule has 9 heteroatoms. The van der Waals surface area contributed by atoms with Crippen molar-refractivity contribution in [2.75, 3.05) is 5.32 Å². The number of pyridine rings is 1. The Balaban J connectivity index is 1.74. The maximum atomic E-state index is 11.6. The van der Waals surface area contributed by atoms with Gasteiger partial charge in [-0.25, -0.2) is 9.97 Å². The number of benzene rings is 2. The fourth-order valence-corrected chi connectivity index (χ4v) is 5.87. The van der Waals surface area contributed by atoms with E-state index in [0.29, 0.717) is 44.9 Å². The lowest BCUT2D eigenvalue weighted by atomic mass is 9.98. The maximum absolute atomic E-state index is 11.6. The topological polar surface area (TPSA) is 83.6 Å². The van der Waals surface area contributed by atoms with Gasteiger partial charge in [-0.3, -0.25) is 4.79 Å². The molecule has 2 aromatic carbocycles. The molecule has 0 fully saturated rings. The van der Waals surface area contributed by atoms with Crippen molar-refractivity contribution in [2.45, 2.75) is 13.5 Å². The van der Waals surface area contributed by atoms with Crippen LogP contribution in [0.4, 0.5) is 5.82 Å². The molecule has 6 nitrogen and oxygen atoms in total. The maximum Gasteiger partial charge on any atom is 0.222 e. The number of imidazole rings is 1. The van der Waals surface area contributed by atoms with Crippen LogP contribution < -0.4 is 5.32 Å². The van der Waals surface area contributed by atoms with Gasteiger partial charge in [0.1, 0.15) is 11.9 Å². The zero-order chi connectivity index (χ0) is 25.9. The summed E-state index contributed by atoms with van der Waals surface area (Å²) in [6.45, 7) is 2.03. The molecule has 0 aliphatic rings. The number of carbonyl (C=O) groups is 1. The van der Waals surface area contributed by atoms with Crippen molar-refractivity contribution < 1.29 is 4.79 Å². The molecular formula is C28H19Cl2N5OS. The second-order valence-corrected chi connectivity index (χ2v) is 10.1. The number of hydrogen-bond donors (Lipinski definition) is 1. The Morgan fingerprint density at radius 2 is 1.86 bits per heavy atom. The third-order valence-corrected chi connectivity index (χ3v) is 7.44. The van der Waals surface area contributed by atoms with Gasteiger partial charge in [0.05, 0.1) is 15.3 Å². The van der Waals surface area contributed by atoms with Gasteiger partial charge in [0.2, 0.25) is 5.91 Å². The van der Waals surface area contributed by atoms with Crippen LogP contribution in [0.1, 0.15) is 18.1 Å². The minimum Gasteiger partial charge on any atom is -0.326 e. The number of carbonyl (C=O) groups excluding carboxylic acids is 1. The highest BCUT2D eigenvalue weighted by atomic mass is 35.5. The summed E-state index contributed by atoms with van der Waals surface area (Å²) in [5, 5.41) is 14.0. The molecule has 3 heterocycles. The standard InChI is InChI=1S/C28H19Cl2N5OS/c1-17(36)34-24-13-19(9-10-32-24)26-22(15-31)25(21-8-7-20(29)14-23(21)30)27(37-26)28-33-11-12-35(28)16-18-5-3-2-4-6-18/h2-14H,16H2,1H3,(H,32,34,36). The van der Waals surface area contributed by atoms with Gasteiger partial charge < -0.3 is 9.88 Å². The number of amides is 1. The predicted molar refractivity (Wildman–Crippen MR) is 149 cm³/mol. The summed E-state index contributed by atoms with van der Waals surface area (Å²) in [7, 11) is 0. The fourth-order valence-electron chi connectivity index (χ4n) is 4.09. The number of nitriles is 1. The largest absolute Gasteiger partial charge is 0.326 e. The highest BCUT2D eigenvalue weighted by Gasteiger charge is 2.26. The van der Waals surface area contributed by atoms with Gasteiger partial charge in [-0.2, -0.15) is 5.26 Å². The number of nitrogens with one attached hydrogen (secondary N) is 1. The molecule has 182 valence electrons. The number of hydrogen-bond acceptors (Lipinski definition) is 5. The quantitative estimate of drug-likeness (QED) is 0.240. The normalized spacial score (nSPS) is 10.8. The minimum absolute atomic E-state index is 0.228. The van der Waals surface area contributed by atoms with Gasteiger partial charge in [0.25, 0.3) is 0 Å². The average Bonchev–Trinajstić information content (AvgIpc) is 3.48. The van der Waals surface area contributed by atoms with Crippen LogP contribution >= 0.6 is 34.5 Å². The van der Waals surface area contributed by atoms with E-state index in [9.17, 15) is 10.1 Å². The monoisotopic (exact) mass is 543 g/mol. The molecule has 0 atom stereocenters. The average molecular weight is 544 g/mol. The third kappa shape index (κ3) is 5.13. The summed E-state index contributed by atoms with van der Waals surface area (Å²) in [6.07, 6.45) is 5.27. The van der Waals surface area contributed by atoms with Crippen LogP contribution in [-0.4, -0.2) is 20.4 Å². The molecule has 1 N–H and O–H groups in total. The minimum atomic E-state index is -0.228. The van der Waals surface area contributed by atoms with Gasteiger partial charge in [-0.15, -0.1) is 11.3 Å². The van der Waals surface area contributed by atoms with Crippen LogP contribution in [0.2, 0.25) is 10.0 Å². The predicted octanol–water partition coefficient (Wildman–Crippen LogP) is 7.53. The molecule has 0 bridgehead atoms. The first-order valence-corrected chi connectivity index (χ1v) is 12.8. The second-order valence-electron chi connectivity index (χ2n) is 8.22. The van der Waals surface area contributed by atoms with E-state index >= 15 is 0 Å². The number of anilines is 1. The van der Waals surface area contributed by atoms with Crippen LogP contribution in [0.15, 0.2) is 79.3 Å². The lowest BCUT2D eigenvalue weighted by Crippen LogP contribution is -2.07. The van der Waals surface area contributed by atoms with Crippen molar-refractivity contribution in [1.29, 1.82) is 5.26 Å². The Kier molecular flexibility index (Phi) is 7.06. The second kappa shape index (κ2) is 10.6. The van der Waals surface area contributed by atoms with Crippen molar-refractivity contribution >= 4 is 46.3 Å². The molecular weight excluding hydrogens is 525 g/mol. The first-order valence-electron chi connectivity index (χ1n) is 11.3. The number of thiophene rings is 1. The molecule has 37 heavy (non-hydrogen) atoms. The van der Waals surface area contributed by atoms with Crippen LogP contribution in [0.3, 0.4) is 0 Å². The number of halogens is 2. The molecule has 0 aliphatic heterocycles. The Hall–Kier alpha value is -3.96. The molecule has 5 aromatic rings. The van der Waals surface area contributed by atoms with E-state index < -0.39 is 0 Å². The van der Waals surface area contributed by atoms with Crippen LogP contribution in [0.5, 0.6) is 0 Å². The molecule has 0 unspecified atom stereocenters. The van der Waals surface area contributed by atoms with Gasteiger partial charge >= 0.3 is 0 Å². The molecule has 3 aromatic heterocycles. The van der Waals surface area contributed by atoms with E-state index in [2.05, 4.69) is 38.1 Å². The van der Waals surface area contributed by atoms with E-state index in [1.165, 1.54) is 18.3 Å². The van der Waals surface area contributed by atoms with Gasteiger partial charge in [-0.05, 0) is 35.4 Å². The van der Waals surface area contributed by atoms with Crippen LogP contribution in [-0.2, 0) is 11.3 Å². The fraction of sp³-hybridized carbons (Fsp3) is 0.0714. The first-order chi connectivity index (χ1) is 17.9. The van der Waals surface area contributed by atoms with Gasteiger partial charge in [0, 0.05) is 53.2 Å². The zero-order valence-corrected chi connectivity index (χ0v) is 21.9. The highest BCUT2D eigenvalue weighted by molar-refractivity contribution is 7.19. The van der Waals surface area contributed by atoms with E-state index in [1.807, 2.05) is 36.5 Å². The lowest BCUT2D eigenvalue weighted by molar-refractivity contribution is -0.114. The Morgan fingerprint density at radius 3 is 2.59 bits per heavy atom. The van der Waals surface area contributed by atoms with E-state index in [4.69, 9.17) is 23.2 Å². The summed E-state index contributed by atoms with van der Waals surface area (Å²) in [6, 6.07) is 21.3. The smallest absolute Gasteiger partial charge is 0.222 e. The van der Waals surface area contributed by atoms with Crippen molar-refractivity contribution in [3.63, 3.8) is 0 Å². The SMILES string of the molecule is CC(=O)Nc1cc(-c2sc(-c3nccn3Cc3ccccc3)c(-c3ccc(Cl)cc3Cl)c2C#N)ccn1. The molecule has 0 saturated heterocycles. The Morgan fingerprint density at radius 1 is 1.05 bits per heavy atom. The Bertz CT molecular complexity index is 1650. The van der Waals surface area contributed by atoms with Gasteiger partial charge in [0.15, 0.2) is 5.82 Å². The van der Waals surface area contributed by atoms with Crippen LogP contribution in [0, 0.1) is 11.3 Å². The summed E-state index contributed by atoms with van der Waals surface area (Å²) in [5.74, 6) is 0.892. The van der Waals surface area contributed by atoms with E-state index in [1.54, 1.807) is 30.6 Å². The van der Waals surface area contributed by atoms with E-state index in [0.717, 1.165) is 20.9 Å². The highest BCUT2D eigenvalue weighted by Crippen LogP contribution is 2.48. The summed E-state index contributed by atoms with van der Waals surface area (Å²) in [5.41, 5.74) is 3.70. The Labute approximate surface area is 227 Å². The zero-order valence-electron chi connectivity index (χ0n) is 19.6. The number of aromatic nitrogens is 3. The number of rotatable bonds is 6. The van der Waals surface area contributed by atoms with Gasteiger partial charge in [-0.1, -0.05) is 59.6 Å². The van der Waals surface area contributed by atoms with Crippen LogP contribution in [0.25, 0.3) is 32.3 Å². The summed E-state index contributed by atoms with van der Waals surface area (Å²) in [4.78, 5) is 22.0. The van der Waals surface area contributed by atoms with Crippen molar-refractivity contribution in [3.05, 3.63) is 100 Å². The van der Waals surface area contributed by atoms with Crippen molar-refractivity contribution in [1.82, 2.24) is 14.5 Å². The molecule has 0 spiro atoms. The lowest BCUT2D eigenvalue weighted by Gasteiger charge is -2.10. The molecule has 5 rings (SSSR count). The number of nitrogens with zero attached hydrogens (tertiary/aromatic N) is 4. The first kappa shape index (κ1) is 24.7.